The molecule has 2 fully saturated rings. The number of piperidine rings is 1. The van der Waals surface area contributed by atoms with Gasteiger partial charge in [-0.05, 0) is 48.9 Å². The molecular formula is C18H25Cl2N5OS. The van der Waals surface area contributed by atoms with E-state index in [1.54, 1.807) is 11.8 Å². The molecule has 9 heteroatoms. The second-order valence-electron chi connectivity index (χ2n) is 7.00. The van der Waals surface area contributed by atoms with E-state index < -0.39 is 0 Å². The van der Waals surface area contributed by atoms with E-state index in [-0.39, 0.29) is 30.7 Å². The maximum atomic E-state index is 12.7. The maximum Gasteiger partial charge on any atom is 0.253 e. The van der Waals surface area contributed by atoms with Crippen LogP contribution in [0.5, 0.6) is 0 Å². The zero-order valence-corrected chi connectivity index (χ0v) is 17.5. The van der Waals surface area contributed by atoms with Crippen LogP contribution in [0.1, 0.15) is 35.2 Å². The molecule has 0 unspecified atom stereocenters. The first-order chi connectivity index (χ1) is 12.2. The van der Waals surface area contributed by atoms with Gasteiger partial charge in [0.05, 0.1) is 0 Å². The van der Waals surface area contributed by atoms with Crippen molar-refractivity contribution < 1.29 is 4.79 Å². The minimum atomic E-state index is 0. The van der Waals surface area contributed by atoms with Gasteiger partial charge in [-0.15, -0.1) is 24.8 Å². The number of carbonyl (C=O) groups is 1. The minimum Gasteiger partial charge on any atom is -0.339 e. The Balaban J connectivity index is 0.00000131. The highest BCUT2D eigenvalue weighted by Gasteiger charge is 2.38. The van der Waals surface area contributed by atoms with Crippen LogP contribution >= 0.6 is 36.6 Å². The number of carbonyl (C=O) groups excluding carboxylic acids is 1. The minimum absolute atomic E-state index is 0. The number of likely N-dealkylation sites (tertiary alicyclic amines) is 1. The molecular weight excluding hydrogens is 405 g/mol. The fourth-order valence-corrected chi connectivity index (χ4v) is 4.48. The van der Waals surface area contributed by atoms with Crippen LogP contribution in [0.15, 0.2) is 35.7 Å². The van der Waals surface area contributed by atoms with Gasteiger partial charge in [-0.3, -0.25) is 9.89 Å². The number of hydrogen-bond donors (Lipinski definition) is 2. The van der Waals surface area contributed by atoms with Gasteiger partial charge in [0.25, 0.3) is 5.91 Å². The molecule has 1 aromatic heterocycles. The first-order valence-corrected chi connectivity index (χ1v) is 9.80. The van der Waals surface area contributed by atoms with E-state index in [0.29, 0.717) is 5.41 Å². The fraction of sp³-hybridized carbons (Fsp3) is 0.500. The van der Waals surface area contributed by atoms with E-state index in [0.717, 1.165) is 55.5 Å². The third-order valence-electron chi connectivity index (χ3n) is 5.41. The molecule has 2 aliphatic heterocycles. The summed E-state index contributed by atoms with van der Waals surface area (Å²) < 4.78 is 0. The Morgan fingerprint density at radius 1 is 1.15 bits per heavy atom. The largest absolute Gasteiger partial charge is 0.339 e. The Morgan fingerprint density at radius 3 is 2.48 bits per heavy atom. The summed E-state index contributed by atoms with van der Waals surface area (Å²) in [5, 5.41) is 11.0. The van der Waals surface area contributed by atoms with E-state index in [2.05, 4.69) is 20.5 Å². The highest BCUT2D eigenvalue weighted by Crippen LogP contribution is 2.37. The summed E-state index contributed by atoms with van der Waals surface area (Å²) in [7, 11) is 0. The van der Waals surface area contributed by atoms with Crippen LogP contribution in [-0.4, -0.2) is 52.2 Å². The number of rotatable bonds is 4. The Morgan fingerprint density at radius 2 is 1.89 bits per heavy atom. The Hall–Kier alpha value is -1.28. The second kappa shape index (κ2) is 9.78. The molecule has 3 heterocycles. The van der Waals surface area contributed by atoms with Gasteiger partial charge in [0.2, 0.25) is 0 Å². The van der Waals surface area contributed by atoms with Crippen molar-refractivity contribution in [2.24, 2.45) is 5.41 Å². The number of H-pyrrole nitrogens is 1. The molecule has 1 amide bonds. The molecule has 1 spiro atoms. The highest BCUT2D eigenvalue weighted by molar-refractivity contribution is 7.98. The van der Waals surface area contributed by atoms with E-state index in [1.807, 2.05) is 29.2 Å². The molecule has 0 saturated carbocycles. The number of halogens is 2. The van der Waals surface area contributed by atoms with Crippen LogP contribution in [0.25, 0.3) is 0 Å². The van der Waals surface area contributed by atoms with Crippen LogP contribution in [-0.2, 0) is 5.75 Å². The zero-order chi connectivity index (χ0) is 17.1. The van der Waals surface area contributed by atoms with Crippen LogP contribution in [0.3, 0.4) is 0 Å². The number of nitrogens with zero attached hydrogens (tertiary/aromatic N) is 3. The summed E-state index contributed by atoms with van der Waals surface area (Å²) in [6.45, 7) is 4.00. The van der Waals surface area contributed by atoms with Gasteiger partial charge in [0.15, 0.2) is 5.16 Å². The SMILES string of the molecule is Cl.Cl.O=C(c1ccc(CSc2ncn[nH]2)cc1)N1CCC2(CCNC2)CC1. The first kappa shape index (κ1) is 22.0. The molecule has 6 nitrogen and oxygen atoms in total. The molecule has 0 aliphatic carbocycles. The number of amides is 1. The van der Waals surface area contributed by atoms with Crippen LogP contribution in [0.4, 0.5) is 0 Å². The van der Waals surface area contributed by atoms with E-state index >= 15 is 0 Å². The smallest absolute Gasteiger partial charge is 0.253 e. The number of benzene rings is 1. The lowest BCUT2D eigenvalue weighted by Gasteiger charge is -2.38. The predicted octanol–water partition coefficient (Wildman–Crippen LogP) is 3.16. The summed E-state index contributed by atoms with van der Waals surface area (Å²) in [5.74, 6) is 0.971. The number of hydrogen-bond acceptors (Lipinski definition) is 5. The van der Waals surface area contributed by atoms with Crippen molar-refractivity contribution >= 4 is 42.5 Å². The number of nitrogens with one attached hydrogen (secondary N) is 2. The molecule has 1 aromatic carbocycles. The molecule has 2 aliphatic rings. The molecule has 2 aromatic rings. The number of aromatic amines is 1. The fourth-order valence-electron chi connectivity index (χ4n) is 3.75. The molecule has 148 valence electrons. The van der Waals surface area contributed by atoms with Crippen LogP contribution < -0.4 is 5.32 Å². The van der Waals surface area contributed by atoms with E-state index in [4.69, 9.17) is 0 Å². The average molecular weight is 430 g/mol. The lowest BCUT2D eigenvalue weighted by atomic mass is 9.78. The van der Waals surface area contributed by atoms with Gasteiger partial charge in [-0.25, -0.2) is 4.98 Å². The zero-order valence-electron chi connectivity index (χ0n) is 15.0. The highest BCUT2D eigenvalue weighted by atomic mass is 35.5. The van der Waals surface area contributed by atoms with Gasteiger partial charge in [0, 0.05) is 31.0 Å². The van der Waals surface area contributed by atoms with Crippen molar-refractivity contribution in [1.82, 2.24) is 25.4 Å². The van der Waals surface area contributed by atoms with Crippen molar-refractivity contribution in [3.8, 4) is 0 Å². The van der Waals surface area contributed by atoms with Gasteiger partial charge < -0.3 is 10.2 Å². The monoisotopic (exact) mass is 429 g/mol. The van der Waals surface area contributed by atoms with Gasteiger partial charge in [-0.1, -0.05) is 23.9 Å². The Bertz CT molecular complexity index is 710. The quantitative estimate of drug-likeness (QED) is 0.729. The van der Waals surface area contributed by atoms with Crippen molar-refractivity contribution in [1.29, 1.82) is 0 Å². The Kier molecular flexibility index (Phi) is 7.97. The summed E-state index contributed by atoms with van der Waals surface area (Å²) in [6, 6.07) is 7.95. The average Bonchev–Trinajstić information content (AvgIpc) is 3.33. The van der Waals surface area contributed by atoms with E-state index in [9.17, 15) is 4.79 Å². The predicted molar refractivity (Wildman–Crippen MR) is 112 cm³/mol. The van der Waals surface area contributed by atoms with Gasteiger partial charge >= 0.3 is 0 Å². The Labute approximate surface area is 176 Å². The summed E-state index contributed by atoms with van der Waals surface area (Å²) >= 11 is 1.60. The maximum absolute atomic E-state index is 12.7. The van der Waals surface area contributed by atoms with Crippen molar-refractivity contribution in [3.63, 3.8) is 0 Å². The third-order valence-corrected chi connectivity index (χ3v) is 6.36. The van der Waals surface area contributed by atoms with Crippen LogP contribution in [0, 0.1) is 5.41 Å². The van der Waals surface area contributed by atoms with Crippen LogP contribution in [0.2, 0.25) is 0 Å². The van der Waals surface area contributed by atoms with Gasteiger partial charge in [-0.2, -0.15) is 5.10 Å². The van der Waals surface area contributed by atoms with Crippen molar-refractivity contribution in [2.75, 3.05) is 26.2 Å². The standard InChI is InChI=1S/C18H23N5OS.2ClH/c24-16(23-9-6-18(7-10-23)5-8-19-12-18)15-3-1-14(2-4-15)11-25-17-20-13-21-22-17;;/h1-4,13,19H,5-12H2,(H,20,21,22);2*1H. The van der Waals surface area contributed by atoms with Crippen molar-refractivity contribution in [3.05, 3.63) is 41.7 Å². The molecule has 2 N–H and O–H groups in total. The second-order valence-corrected chi connectivity index (χ2v) is 7.96. The molecule has 4 rings (SSSR count). The molecule has 2 saturated heterocycles. The summed E-state index contributed by atoms with van der Waals surface area (Å²) in [5.41, 5.74) is 2.40. The third kappa shape index (κ3) is 5.16. The normalized spacial score (nSPS) is 18.0. The lowest BCUT2D eigenvalue weighted by molar-refractivity contribution is 0.0607. The summed E-state index contributed by atoms with van der Waals surface area (Å²) in [6.07, 6.45) is 5.01. The van der Waals surface area contributed by atoms with E-state index in [1.165, 1.54) is 18.3 Å². The molecule has 0 bridgehead atoms. The topological polar surface area (TPSA) is 73.9 Å². The first-order valence-electron chi connectivity index (χ1n) is 8.81. The van der Waals surface area contributed by atoms with Crippen molar-refractivity contribution in [2.45, 2.75) is 30.2 Å². The molecule has 27 heavy (non-hydrogen) atoms. The lowest BCUT2D eigenvalue weighted by Crippen LogP contribution is -2.44. The molecule has 0 radical (unpaired) electrons. The number of aromatic nitrogens is 3. The van der Waals surface area contributed by atoms with Gasteiger partial charge in [0.1, 0.15) is 6.33 Å². The molecule has 0 atom stereocenters. The summed E-state index contributed by atoms with van der Waals surface area (Å²) in [4.78, 5) is 18.9. The number of thioether (sulfide) groups is 1.